The summed E-state index contributed by atoms with van der Waals surface area (Å²) >= 11 is 0. The molecular weight excluding hydrogens is 308 g/mol. The largest absolute Gasteiger partial charge is 0.494 e. The van der Waals surface area contributed by atoms with Crippen LogP contribution in [0.25, 0.3) is 0 Å². The van der Waals surface area contributed by atoms with Gasteiger partial charge in [0.25, 0.3) is 0 Å². The molecule has 1 N–H and O–H groups in total. The number of hydrogen-bond donors (Lipinski definition) is 1. The van der Waals surface area contributed by atoms with E-state index in [1.165, 1.54) is 24.9 Å². The van der Waals surface area contributed by atoms with Crippen LogP contribution in [0.5, 0.6) is 0 Å². The molecule has 0 spiro atoms. The van der Waals surface area contributed by atoms with Crippen molar-refractivity contribution < 1.29 is 9.31 Å². The van der Waals surface area contributed by atoms with Crippen molar-refractivity contribution >= 4 is 25.0 Å². The lowest BCUT2D eigenvalue weighted by atomic mass is 9.79. The van der Waals surface area contributed by atoms with Gasteiger partial charge in [0.2, 0.25) is 0 Å². The maximum Gasteiger partial charge on any atom is 0.494 e. The Kier molecular flexibility index (Phi) is 5.83. The summed E-state index contributed by atoms with van der Waals surface area (Å²) in [5.74, 6) is 0.950. The van der Waals surface area contributed by atoms with Crippen molar-refractivity contribution in [3.8, 4) is 0 Å². The van der Waals surface area contributed by atoms with Crippen molar-refractivity contribution in [3.05, 3.63) is 29.8 Å². The zero-order valence-corrected chi connectivity index (χ0v) is 15.5. The Balaban J connectivity index is 0.00000192. The molecule has 5 heteroatoms. The average Bonchev–Trinajstić information content (AvgIpc) is 3.23. The lowest BCUT2D eigenvalue weighted by Crippen LogP contribution is -2.41. The molecule has 0 unspecified atom stereocenters. The van der Waals surface area contributed by atoms with E-state index in [0.29, 0.717) is 0 Å². The maximum atomic E-state index is 6.09. The summed E-state index contributed by atoms with van der Waals surface area (Å²) in [6.07, 6.45) is 3.90. The van der Waals surface area contributed by atoms with Gasteiger partial charge < -0.3 is 14.6 Å². The van der Waals surface area contributed by atoms with Gasteiger partial charge in [0, 0.05) is 0 Å². The second kappa shape index (κ2) is 7.14. The van der Waals surface area contributed by atoms with Crippen LogP contribution in [-0.2, 0) is 15.7 Å². The predicted octanol–water partition coefficient (Wildman–Crippen LogP) is 2.95. The topological polar surface area (TPSA) is 30.5 Å². The van der Waals surface area contributed by atoms with Gasteiger partial charge in [0.1, 0.15) is 0 Å². The van der Waals surface area contributed by atoms with Crippen molar-refractivity contribution in [1.29, 1.82) is 0 Å². The molecule has 0 aromatic heterocycles. The number of halogens is 1. The van der Waals surface area contributed by atoms with Crippen molar-refractivity contribution in [1.82, 2.24) is 5.32 Å². The highest BCUT2D eigenvalue weighted by Gasteiger charge is 2.51. The first kappa shape index (κ1) is 18.8. The van der Waals surface area contributed by atoms with E-state index in [0.717, 1.165) is 24.3 Å². The Morgan fingerprint density at radius 3 is 2.13 bits per heavy atom. The third kappa shape index (κ3) is 4.51. The van der Waals surface area contributed by atoms with Crippen molar-refractivity contribution in [2.75, 3.05) is 13.1 Å². The van der Waals surface area contributed by atoms with E-state index >= 15 is 0 Å². The molecule has 0 amide bonds. The molecule has 2 aliphatic rings. The minimum atomic E-state index is -0.275. The van der Waals surface area contributed by atoms with Crippen LogP contribution in [0.2, 0.25) is 0 Å². The Morgan fingerprint density at radius 1 is 1.04 bits per heavy atom. The van der Waals surface area contributed by atoms with Crippen LogP contribution in [0, 0.1) is 5.92 Å². The molecule has 1 aliphatic carbocycles. The molecular formula is C18H29BClNO2. The number of hydrogen-bond acceptors (Lipinski definition) is 3. The van der Waals surface area contributed by atoms with Crippen molar-refractivity contribution in [2.45, 2.75) is 58.2 Å². The van der Waals surface area contributed by atoms with Crippen molar-refractivity contribution in [3.63, 3.8) is 0 Å². The first-order chi connectivity index (χ1) is 10.4. The van der Waals surface area contributed by atoms with Crippen LogP contribution >= 0.6 is 12.4 Å². The normalized spacial score (nSPS) is 22.0. The van der Waals surface area contributed by atoms with Crippen LogP contribution in [0.4, 0.5) is 0 Å². The summed E-state index contributed by atoms with van der Waals surface area (Å²) < 4.78 is 12.2. The molecule has 1 aliphatic heterocycles. The van der Waals surface area contributed by atoms with E-state index in [9.17, 15) is 0 Å². The SMILES string of the molecule is CC1(C)OB(c2ccc(CCNCC3CC3)cc2)OC1(C)C.Cl. The van der Waals surface area contributed by atoms with Gasteiger partial charge in [-0.15, -0.1) is 12.4 Å². The van der Waals surface area contributed by atoms with Gasteiger partial charge >= 0.3 is 7.12 Å². The predicted molar refractivity (Wildman–Crippen MR) is 98.7 cm³/mol. The molecule has 2 fully saturated rings. The first-order valence-electron chi connectivity index (χ1n) is 8.53. The molecule has 128 valence electrons. The van der Waals surface area contributed by atoms with Gasteiger partial charge in [0.15, 0.2) is 0 Å². The van der Waals surface area contributed by atoms with Gasteiger partial charge in [-0.1, -0.05) is 24.3 Å². The minimum absolute atomic E-state index is 0. The van der Waals surface area contributed by atoms with Gasteiger partial charge in [-0.05, 0) is 77.0 Å². The lowest BCUT2D eigenvalue weighted by Gasteiger charge is -2.32. The first-order valence-corrected chi connectivity index (χ1v) is 8.53. The van der Waals surface area contributed by atoms with E-state index in [4.69, 9.17) is 9.31 Å². The average molecular weight is 338 g/mol. The third-order valence-corrected chi connectivity index (χ3v) is 5.23. The van der Waals surface area contributed by atoms with Crippen LogP contribution in [0.1, 0.15) is 46.1 Å². The monoisotopic (exact) mass is 337 g/mol. The molecule has 1 saturated heterocycles. The summed E-state index contributed by atoms with van der Waals surface area (Å²) in [6.45, 7) is 10.6. The van der Waals surface area contributed by atoms with Crippen molar-refractivity contribution in [2.24, 2.45) is 5.92 Å². The molecule has 0 bridgehead atoms. The van der Waals surface area contributed by atoms with Crippen LogP contribution < -0.4 is 10.8 Å². The quantitative estimate of drug-likeness (QED) is 0.639. The smallest absolute Gasteiger partial charge is 0.399 e. The maximum absolute atomic E-state index is 6.09. The van der Waals surface area contributed by atoms with Gasteiger partial charge in [-0.2, -0.15) is 0 Å². The summed E-state index contributed by atoms with van der Waals surface area (Å²) in [5.41, 5.74) is 1.92. The fourth-order valence-corrected chi connectivity index (χ4v) is 2.68. The highest BCUT2D eigenvalue weighted by Crippen LogP contribution is 2.36. The number of rotatable bonds is 6. The molecule has 0 radical (unpaired) electrons. The Bertz CT molecular complexity index is 498. The molecule has 23 heavy (non-hydrogen) atoms. The van der Waals surface area contributed by atoms with E-state index in [2.05, 4.69) is 57.3 Å². The summed E-state index contributed by atoms with van der Waals surface area (Å²) in [5, 5.41) is 3.54. The van der Waals surface area contributed by atoms with Crippen LogP contribution in [0.15, 0.2) is 24.3 Å². The lowest BCUT2D eigenvalue weighted by molar-refractivity contribution is 0.00578. The molecule has 1 heterocycles. The summed E-state index contributed by atoms with van der Waals surface area (Å²) in [6, 6.07) is 8.66. The molecule has 3 rings (SSSR count). The second-order valence-electron chi connectivity index (χ2n) is 7.73. The minimum Gasteiger partial charge on any atom is -0.399 e. The highest BCUT2D eigenvalue weighted by molar-refractivity contribution is 6.62. The zero-order valence-electron chi connectivity index (χ0n) is 14.7. The van der Waals surface area contributed by atoms with E-state index in [-0.39, 0.29) is 30.7 Å². The number of nitrogens with one attached hydrogen (secondary N) is 1. The fraction of sp³-hybridized carbons (Fsp3) is 0.667. The van der Waals surface area contributed by atoms with E-state index < -0.39 is 0 Å². The Hall–Kier alpha value is -0.545. The van der Waals surface area contributed by atoms with E-state index in [1.54, 1.807) is 0 Å². The molecule has 1 saturated carbocycles. The van der Waals surface area contributed by atoms with Gasteiger partial charge in [0.05, 0.1) is 11.2 Å². The molecule has 0 atom stereocenters. The summed E-state index contributed by atoms with van der Waals surface area (Å²) in [4.78, 5) is 0. The molecule has 1 aromatic rings. The fourth-order valence-electron chi connectivity index (χ4n) is 2.68. The summed E-state index contributed by atoms with van der Waals surface area (Å²) in [7, 11) is -0.257. The second-order valence-corrected chi connectivity index (χ2v) is 7.73. The van der Waals surface area contributed by atoms with E-state index in [1.807, 2.05) is 0 Å². The highest BCUT2D eigenvalue weighted by atomic mass is 35.5. The Morgan fingerprint density at radius 2 is 1.61 bits per heavy atom. The zero-order chi connectivity index (χ0) is 15.8. The Labute approximate surface area is 147 Å². The van der Waals surface area contributed by atoms with Gasteiger partial charge in [-0.25, -0.2) is 0 Å². The third-order valence-electron chi connectivity index (χ3n) is 5.23. The number of benzene rings is 1. The molecule has 3 nitrogen and oxygen atoms in total. The standard InChI is InChI=1S/C18H28BNO2.ClH/c1-17(2)18(3,4)22-19(21-17)16-9-7-14(8-10-16)11-12-20-13-15-5-6-15;/h7-10,15,20H,5-6,11-13H2,1-4H3;1H. The van der Waals surface area contributed by atoms with Gasteiger partial charge in [-0.3, -0.25) is 0 Å². The van der Waals surface area contributed by atoms with Crippen LogP contribution in [-0.4, -0.2) is 31.4 Å². The molecule has 1 aromatic carbocycles. The van der Waals surface area contributed by atoms with Crippen LogP contribution in [0.3, 0.4) is 0 Å².